The summed E-state index contributed by atoms with van der Waals surface area (Å²) in [5.74, 6) is -0.549. The minimum atomic E-state index is -0.717. The van der Waals surface area contributed by atoms with E-state index >= 15 is 0 Å². The van der Waals surface area contributed by atoms with E-state index in [0.717, 1.165) is 11.1 Å². The Bertz CT molecular complexity index is 1220. The highest BCUT2D eigenvalue weighted by Gasteiger charge is 2.35. The second kappa shape index (κ2) is 9.76. The molecule has 11 heteroatoms. The third-order valence-electron chi connectivity index (χ3n) is 5.37. The third-order valence-corrected chi connectivity index (χ3v) is 6.17. The molecule has 33 heavy (non-hydrogen) atoms. The van der Waals surface area contributed by atoms with E-state index in [0.29, 0.717) is 27.9 Å². The zero-order valence-corrected chi connectivity index (χ0v) is 19.3. The molecule has 0 saturated carbocycles. The molecule has 1 amide bonds. The van der Waals surface area contributed by atoms with Crippen LogP contribution >= 0.6 is 23.2 Å². The first-order valence-corrected chi connectivity index (χ1v) is 11.1. The molecule has 1 aliphatic heterocycles. The van der Waals surface area contributed by atoms with Crippen molar-refractivity contribution < 1.29 is 19.1 Å². The van der Waals surface area contributed by atoms with Crippen molar-refractivity contribution in [2.24, 2.45) is 0 Å². The van der Waals surface area contributed by atoms with Crippen molar-refractivity contribution in [1.82, 2.24) is 19.9 Å². The minimum Gasteiger partial charge on any atom is -0.465 e. The minimum absolute atomic E-state index is 0.0791. The van der Waals surface area contributed by atoms with Gasteiger partial charge in [0.05, 0.1) is 46.6 Å². The Hall–Kier alpha value is -3.17. The molecule has 172 valence electrons. The van der Waals surface area contributed by atoms with Gasteiger partial charge in [0, 0.05) is 36.8 Å². The van der Waals surface area contributed by atoms with Crippen molar-refractivity contribution in [2.45, 2.75) is 25.8 Å². The third kappa shape index (κ3) is 4.79. The highest BCUT2D eigenvalue weighted by Crippen LogP contribution is 2.36. The van der Waals surface area contributed by atoms with Crippen LogP contribution in [0.1, 0.15) is 19.8 Å². The van der Waals surface area contributed by atoms with Gasteiger partial charge in [-0.2, -0.15) is 0 Å². The number of halogens is 2. The number of Topliss-reactive ketones (excluding diaryl/α,β-unsaturated/α-hetero) is 1. The molecule has 4 rings (SSSR count). The summed E-state index contributed by atoms with van der Waals surface area (Å²) in [6.45, 7) is 2.06. The average molecular weight is 490 g/mol. The molecule has 0 bridgehead atoms. The van der Waals surface area contributed by atoms with Crippen LogP contribution in [0.4, 0.5) is 5.82 Å². The fourth-order valence-electron chi connectivity index (χ4n) is 3.82. The lowest BCUT2D eigenvalue weighted by molar-refractivity contribution is -0.143. The number of anilines is 1. The van der Waals surface area contributed by atoms with E-state index in [1.165, 1.54) is 0 Å². The van der Waals surface area contributed by atoms with Gasteiger partial charge in [-0.05, 0) is 19.1 Å². The number of hydrogen-bond acceptors (Lipinski definition) is 7. The first-order valence-electron chi connectivity index (χ1n) is 10.4. The van der Waals surface area contributed by atoms with Crippen LogP contribution in [-0.4, -0.2) is 57.9 Å². The number of aromatic nitrogens is 3. The highest BCUT2D eigenvalue weighted by molar-refractivity contribution is 6.45. The lowest BCUT2D eigenvalue weighted by Crippen LogP contribution is -2.40. The highest BCUT2D eigenvalue weighted by atomic mass is 35.5. The molecule has 1 saturated heterocycles. The van der Waals surface area contributed by atoms with Crippen LogP contribution in [0.5, 0.6) is 0 Å². The van der Waals surface area contributed by atoms with Crippen LogP contribution in [0, 0.1) is 0 Å². The fourth-order valence-corrected chi connectivity index (χ4v) is 4.18. The van der Waals surface area contributed by atoms with Crippen LogP contribution in [0.25, 0.3) is 16.6 Å². The number of imidazole rings is 1. The van der Waals surface area contributed by atoms with Crippen LogP contribution in [-0.2, 0) is 19.1 Å². The number of carbonyl (C=O) groups excluding carboxylic acids is 3. The second-order valence-electron chi connectivity index (χ2n) is 7.44. The van der Waals surface area contributed by atoms with E-state index in [4.69, 9.17) is 32.9 Å². The quantitative estimate of drug-likeness (QED) is 0.508. The van der Waals surface area contributed by atoms with Gasteiger partial charge in [-0.1, -0.05) is 23.2 Å². The van der Waals surface area contributed by atoms with Crippen LogP contribution in [0.15, 0.2) is 36.9 Å². The zero-order chi connectivity index (χ0) is 23.5. The number of fused-ring (bicyclic) bond motifs is 1. The van der Waals surface area contributed by atoms with E-state index in [-0.39, 0.29) is 31.8 Å². The Morgan fingerprint density at radius 2 is 2.12 bits per heavy atom. The number of ether oxygens (including phenoxy) is 1. The molecule has 1 atom stereocenters. The maximum Gasteiger partial charge on any atom is 0.325 e. The van der Waals surface area contributed by atoms with Crippen LogP contribution in [0.2, 0.25) is 10.0 Å². The van der Waals surface area contributed by atoms with E-state index in [1.54, 1.807) is 36.6 Å². The topological polar surface area (TPSA) is 106 Å². The molecule has 0 radical (unpaired) electrons. The number of ketones is 1. The maximum absolute atomic E-state index is 12.6. The first kappa shape index (κ1) is 23.0. The van der Waals surface area contributed by atoms with Crippen molar-refractivity contribution in [3.8, 4) is 5.69 Å². The number of carbonyl (C=O) groups is 3. The Morgan fingerprint density at radius 3 is 2.85 bits per heavy atom. The summed E-state index contributed by atoms with van der Waals surface area (Å²) >= 11 is 12.7. The number of rotatable bonds is 7. The van der Waals surface area contributed by atoms with Crippen molar-refractivity contribution >= 4 is 57.6 Å². The normalized spacial score (nSPS) is 15.8. The Kier molecular flexibility index (Phi) is 6.80. The molecule has 1 aromatic carbocycles. The predicted octanol–water partition coefficient (Wildman–Crippen LogP) is 2.94. The number of benzene rings is 1. The summed E-state index contributed by atoms with van der Waals surface area (Å²) in [5.41, 5.74) is 1.24. The van der Waals surface area contributed by atoms with Gasteiger partial charge in [0.15, 0.2) is 5.78 Å². The van der Waals surface area contributed by atoms with E-state index in [9.17, 15) is 14.4 Å². The molecule has 3 aromatic rings. The monoisotopic (exact) mass is 489 g/mol. The standard InChI is InChI=1S/C22H21Cl2N5O4/c1-2-33-20(32)11-26-19(31)10-16-17(30)5-7-29(16)18-9-15(28-8-6-25-12-28)13-3-4-14(23)21(24)22(13)27-18/h3-4,6,8-9,12,16H,2,5,7,10-11H2,1H3,(H,26,31)/t16-/m1/s1. The van der Waals surface area contributed by atoms with Gasteiger partial charge in [0.25, 0.3) is 0 Å². The van der Waals surface area contributed by atoms with Crippen LogP contribution < -0.4 is 10.2 Å². The van der Waals surface area contributed by atoms with Crippen molar-refractivity contribution in [2.75, 3.05) is 24.6 Å². The molecule has 0 aliphatic carbocycles. The summed E-state index contributed by atoms with van der Waals surface area (Å²) in [6, 6.07) is 4.64. The summed E-state index contributed by atoms with van der Waals surface area (Å²) in [7, 11) is 0. The number of esters is 1. The molecule has 1 fully saturated rings. The van der Waals surface area contributed by atoms with Gasteiger partial charge in [0.1, 0.15) is 12.4 Å². The molecule has 2 aromatic heterocycles. The Morgan fingerprint density at radius 1 is 1.30 bits per heavy atom. The Labute approximate surface area is 199 Å². The number of nitrogens with zero attached hydrogens (tertiary/aromatic N) is 4. The molecule has 0 spiro atoms. The summed E-state index contributed by atoms with van der Waals surface area (Å²) in [6.07, 6.45) is 5.26. The number of hydrogen-bond donors (Lipinski definition) is 1. The van der Waals surface area contributed by atoms with Gasteiger partial charge in [-0.3, -0.25) is 14.4 Å². The van der Waals surface area contributed by atoms with Crippen molar-refractivity contribution in [3.05, 3.63) is 47.0 Å². The molecule has 9 nitrogen and oxygen atoms in total. The van der Waals surface area contributed by atoms with Crippen molar-refractivity contribution in [3.63, 3.8) is 0 Å². The Balaban J connectivity index is 1.67. The summed E-state index contributed by atoms with van der Waals surface area (Å²) in [4.78, 5) is 47.2. The second-order valence-corrected chi connectivity index (χ2v) is 8.22. The van der Waals surface area contributed by atoms with Gasteiger partial charge in [-0.25, -0.2) is 9.97 Å². The van der Waals surface area contributed by atoms with Gasteiger partial charge in [-0.15, -0.1) is 0 Å². The van der Waals surface area contributed by atoms with E-state index in [1.807, 2.05) is 16.7 Å². The SMILES string of the molecule is CCOC(=O)CNC(=O)C[C@@H]1C(=O)CCN1c1cc(-n2ccnc2)c2ccc(Cl)c(Cl)c2n1. The number of amides is 1. The molecule has 3 heterocycles. The lowest BCUT2D eigenvalue weighted by Gasteiger charge is -2.25. The zero-order valence-electron chi connectivity index (χ0n) is 17.8. The largest absolute Gasteiger partial charge is 0.465 e. The molecular formula is C22H21Cl2N5O4. The number of pyridine rings is 1. The van der Waals surface area contributed by atoms with Gasteiger partial charge in [0.2, 0.25) is 5.91 Å². The van der Waals surface area contributed by atoms with Crippen LogP contribution in [0.3, 0.4) is 0 Å². The van der Waals surface area contributed by atoms with Gasteiger partial charge < -0.3 is 19.5 Å². The smallest absolute Gasteiger partial charge is 0.325 e. The van der Waals surface area contributed by atoms with Crippen molar-refractivity contribution in [1.29, 1.82) is 0 Å². The molecular weight excluding hydrogens is 469 g/mol. The lowest BCUT2D eigenvalue weighted by atomic mass is 10.1. The number of nitrogens with one attached hydrogen (secondary N) is 1. The molecule has 1 aliphatic rings. The summed E-state index contributed by atoms with van der Waals surface area (Å²) in [5, 5.41) is 3.92. The van der Waals surface area contributed by atoms with E-state index in [2.05, 4.69) is 10.3 Å². The maximum atomic E-state index is 12.6. The van der Waals surface area contributed by atoms with E-state index < -0.39 is 17.9 Å². The summed E-state index contributed by atoms with van der Waals surface area (Å²) < 4.78 is 6.63. The average Bonchev–Trinajstić information content (AvgIpc) is 3.45. The molecule has 0 unspecified atom stereocenters. The predicted molar refractivity (Wildman–Crippen MR) is 124 cm³/mol. The molecule has 1 N–H and O–H groups in total. The van der Waals surface area contributed by atoms with Gasteiger partial charge >= 0.3 is 5.97 Å². The first-order chi connectivity index (χ1) is 15.9. The fraction of sp³-hybridized carbons (Fsp3) is 0.318.